The highest BCUT2D eigenvalue weighted by molar-refractivity contribution is 5.77. The second kappa shape index (κ2) is 7.41. The van der Waals surface area contributed by atoms with Crippen molar-refractivity contribution < 1.29 is 9.90 Å². The van der Waals surface area contributed by atoms with E-state index >= 15 is 0 Å². The lowest BCUT2D eigenvalue weighted by Crippen LogP contribution is -2.41. The summed E-state index contributed by atoms with van der Waals surface area (Å²) >= 11 is 0. The molecule has 4 heteroatoms. The van der Waals surface area contributed by atoms with E-state index in [0.717, 1.165) is 37.8 Å². The number of rotatable bonds is 4. The molecule has 0 atom stereocenters. The number of aliphatic hydroxyl groups is 1. The average Bonchev–Trinajstić information content (AvgIpc) is 2.48. The van der Waals surface area contributed by atoms with Crippen LogP contribution in [0.25, 0.3) is 0 Å². The Morgan fingerprint density at radius 1 is 1.05 bits per heavy atom. The largest absolute Gasteiger partial charge is 0.387 e. The molecule has 0 aromatic rings. The van der Waals surface area contributed by atoms with Crippen LogP contribution in [0.5, 0.6) is 0 Å². The summed E-state index contributed by atoms with van der Waals surface area (Å²) in [6.45, 7) is 8.43. The zero-order valence-electron chi connectivity index (χ0n) is 13.1. The molecule has 2 fully saturated rings. The predicted molar refractivity (Wildman–Crippen MR) is 80.4 cm³/mol. The van der Waals surface area contributed by atoms with Crippen molar-refractivity contribution in [3.05, 3.63) is 0 Å². The lowest BCUT2D eigenvalue weighted by atomic mass is 9.82. The lowest BCUT2D eigenvalue weighted by Gasteiger charge is -2.38. The Balaban J connectivity index is 1.68. The van der Waals surface area contributed by atoms with E-state index in [1.54, 1.807) is 0 Å². The number of likely N-dealkylation sites (tertiary alicyclic amines) is 2. The molecule has 2 aliphatic heterocycles. The zero-order valence-corrected chi connectivity index (χ0v) is 13.1. The second-order valence-corrected chi connectivity index (χ2v) is 6.79. The van der Waals surface area contributed by atoms with Crippen LogP contribution in [0.2, 0.25) is 0 Å². The van der Waals surface area contributed by atoms with Gasteiger partial charge in [0.05, 0.1) is 0 Å². The molecule has 2 rings (SSSR count). The van der Waals surface area contributed by atoms with Crippen LogP contribution in [-0.4, -0.2) is 59.6 Å². The summed E-state index contributed by atoms with van der Waals surface area (Å²) in [7, 11) is 0. The molecule has 0 aromatic heterocycles. The number of carbonyl (C=O) groups is 1. The SMILES string of the molecule is CC(C)N1CCC(CC2CCN(C(=O)CO)CC2)CC1. The van der Waals surface area contributed by atoms with E-state index in [1.807, 2.05) is 4.90 Å². The standard InChI is InChI=1S/C16H30N2O2/c1-13(2)17-7-3-14(4-8-17)11-15-5-9-18(10-6-15)16(20)12-19/h13-15,19H,3-12H2,1-2H3. The number of aliphatic hydroxyl groups excluding tert-OH is 1. The molecule has 0 aromatic carbocycles. The van der Waals surface area contributed by atoms with Gasteiger partial charge in [-0.15, -0.1) is 0 Å². The summed E-state index contributed by atoms with van der Waals surface area (Å²) in [5.74, 6) is 1.57. The van der Waals surface area contributed by atoms with Crippen LogP contribution in [0, 0.1) is 11.8 Å². The molecule has 0 radical (unpaired) electrons. The van der Waals surface area contributed by atoms with E-state index in [2.05, 4.69) is 18.7 Å². The fraction of sp³-hybridized carbons (Fsp3) is 0.938. The van der Waals surface area contributed by atoms with Crippen molar-refractivity contribution in [3.63, 3.8) is 0 Å². The van der Waals surface area contributed by atoms with Crippen molar-refractivity contribution in [3.8, 4) is 0 Å². The third-order valence-corrected chi connectivity index (χ3v) is 5.15. The topological polar surface area (TPSA) is 43.8 Å². The minimum atomic E-state index is -0.335. The van der Waals surface area contributed by atoms with Gasteiger partial charge in [-0.3, -0.25) is 4.79 Å². The van der Waals surface area contributed by atoms with Crippen molar-refractivity contribution in [1.82, 2.24) is 9.80 Å². The van der Waals surface area contributed by atoms with Crippen LogP contribution < -0.4 is 0 Å². The number of piperidine rings is 2. The molecule has 4 nitrogen and oxygen atoms in total. The molecular formula is C16H30N2O2. The van der Waals surface area contributed by atoms with Crippen molar-refractivity contribution >= 4 is 5.91 Å². The van der Waals surface area contributed by atoms with Crippen molar-refractivity contribution in [1.29, 1.82) is 0 Å². The highest BCUT2D eigenvalue weighted by atomic mass is 16.3. The number of carbonyl (C=O) groups excluding carboxylic acids is 1. The normalized spacial score (nSPS) is 23.5. The fourth-order valence-electron chi connectivity index (χ4n) is 3.69. The first-order chi connectivity index (χ1) is 9.60. The summed E-state index contributed by atoms with van der Waals surface area (Å²) < 4.78 is 0. The molecule has 2 heterocycles. The molecule has 2 saturated heterocycles. The van der Waals surface area contributed by atoms with Crippen molar-refractivity contribution in [2.75, 3.05) is 32.8 Å². The molecular weight excluding hydrogens is 252 g/mol. The molecule has 0 unspecified atom stereocenters. The van der Waals surface area contributed by atoms with Gasteiger partial charge in [0.1, 0.15) is 6.61 Å². The van der Waals surface area contributed by atoms with Crippen LogP contribution in [-0.2, 0) is 4.79 Å². The van der Waals surface area contributed by atoms with E-state index in [1.165, 1.54) is 32.4 Å². The van der Waals surface area contributed by atoms with E-state index in [0.29, 0.717) is 6.04 Å². The van der Waals surface area contributed by atoms with Crippen LogP contribution in [0.3, 0.4) is 0 Å². The van der Waals surface area contributed by atoms with E-state index in [9.17, 15) is 4.79 Å². The third kappa shape index (κ3) is 4.19. The zero-order chi connectivity index (χ0) is 14.5. The van der Waals surface area contributed by atoms with Gasteiger partial charge in [0, 0.05) is 19.1 Å². The summed E-state index contributed by atoms with van der Waals surface area (Å²) in [6, 6.07) is 0.684. The molecule has 0 saturated carbocycles. The number of amides is 1. The summed E-state index contributed by atoms with van der Waals surface area (Å²) in [6.07, 6.45) is 6.27. The van der Waals surface area contributed by atoms with Gasteiger partial charge in [0.15, 0.2) is 0 Å². The smallest absolute Gasteiger partial charge is 0.248 e. The lowest BCUT2D eigenvalue weighted by molar-refractivity contribution is -0.135. The Hall–Kier alpha value is -0.610. The molecule has 0 aliphatic carbocycles. The first-order valence-electron chi connectivity index (χ1n) is 8.22. The summed E-state index contributed by atoms with van der Waals surface area (Å²) in [5, 5.41) is 8.89. The quantitative estimate of drug-likeness (QED) is 0.854. The van der Waals surface area contributed by atoms with Crippen LogP contribution in [0.1, 0.15) is 46.0 Å². The molecule has 20 heavy (non-hydrogen) atoms. The van der Waals surface area contributed by atoms with Gasteiger partial charge in [0.25, 0.3) is 0 Å². The molecule has 0 bridgehead atoms. The van der Waals surface area contributed by atoms with Crippen LogP contribution in [0.4, 0.5) is 0 Å². The van der Waals surface area contributed by atoms with Gasteiger partial charge >= 0.3 is 0 Å². The Morgan fingerprint density at radius 2 is 1.55 bits per heavy atom. The Kier molecular flexibility index (Phi) is 5.85. The second-order valence-electron chi connectivity index (χ2n) is 6.79. The highest BCUT2D eigenvalue weighted by Gasteiger charge is 2.27. The van der Waals surface area contributed by atoms with Gasteiger partial charge < -0.3 is 14.9 Å². The predicted octanol–water partition coefficient (Wildman–Crippen LogP) is 1.73. The molecule has 1 N–H and O–H groups in total. The Morgan fingerprint density at radius 3 is 2.00 bits per heavy atom. The fourth-order valence-corrected chi connectivity index (χ4v) is 3.69. The van der Waals surface area contributed by atoms with Gasteiger partial charge in [0.2, 0.25) is 5.91 Å². The third-order valence-electron chi connectivity index (χ3n) is 5.15. The number of hydrogen-bond donors (Lipinski definition) is 1. The highest BCUT2D eigenvalue weighted by Crippen LogP contribution is 2.30. The molecule has 0 spiro atoms. The first kappa shape index (κ1) is 15.8. The van der Waals surface area contributed by atoms with Gasteiger partial charge in [-0.2, -0.15) is 0 Å². The number of nitrogens with zero attached hydrogens (tertiary/aromatic N) is 2. The van der Waals surface area contributed by atoms with Gasteiger partial charge in [-0.1, -0.05) is 0 Å². The molecule has 116 valence electrons. The molecule has 1 amide bonds. The van der Waals surface area contributed by atoms with Gasteiger partial charge in [-0.05, 0) is 70.9 Å². The first-order valence-corrected chi connectivity index (χ1v) is 8.22. The monoisotopic (exact) mass is 282 g/mol. The maximum Gasteiger partial charge on any atom is 0.248 e. The maximum absolute atomic E-state index is 11.4. The van der Waals surface area contributed by atoms with E-state index in [4.69, 9.17) is 5.11 Å². The summed E-state index contributed by atoms with van der Waals surface area (Å²) in [4.78, 5) is 15.8. The maximum atomic E-state index is 11.4. The van der Waals surface area contributed by atoms with E-state index < -0.39 is 0 Å². The van der Waals surface area contributed by atoms with Crippen LogP contribution >= 0.6 is 0 Å². The Labute approximate surface area is 123 Å². The minimum Gasteiger partial charge on any atom is -0.387 e. The van der Waals surface area contributed by atoms with Gasteiger partial charge in [-0.25, -0.2) is 0 Å². The molecule has 2 aliphatic rings. The van der Waals surface area contributed by atoms with Crippen molar-refractivity contribution in [2.24, 2.45) is 11.8 Å². The summed E-state index contributed by atoms with van der Waals surface area (Å²) in [5.41, 5.74) is 0. The van der Waals surface area contributed by atoms with Crippen LogP contribution in [0.15, 0.2) is 0 Å². The van der Waals surface area contributed by atoms with E-state index in [-0.39, 0.29) is 12.5 Å². The Bertz CT molecular complexity index is 304. The minimum absolute atomic E-state index is 0.103. The van der Waals surface area contributed by atoms with Crippen molar-refractivity contribution in [2.45, 2.75) is 52.0 Å². The number of hydrogen-bond acceptors (Lipinski definition) is 3. The average molecular weight is 282 g/mol.